The largest absolute Gasteiger partial charge is 0.379 e. The van der Waals surface area contributed by atoms with Gasteiger partial charge < -0.3 is 29.5 Å². The highest BCUT2D eigenvalue weighted by Gasteiger charge is 2.39. The van der Waals surface area contributed by atoms with Crippen molar-refractivity contribution in [2.24, 2.45) is 5.92 Å². The fourth-order valence-corrected chi connectivity index (χ4v) is 9.19. The third-order valence-corrected chi connectivity index (χ3v) is 12.0. The molecular formula is C37H50FN9O5S. The molecule has 4 aliphatic heterocycles. The van der Waals surface area contributed by atoms with Gasteiger partial charge in [-0.2, -0.15) is 4.98 Å². The van der Waals surface area contributed by atoms with E-state index in [4.69, 9.17) is 24.4 Å². The molecule has 4 saturated heterocycles. The predicted octanol–water partition coefficient (Wildman–Crippen LogP) is 3.54. The van der Waals surface area contributed by atoms with Gasteiger partial charge in [-0.1, -0.05) is 6.58 Å². The first-order chi connectivity index (χ1) is 25.6. The second-order valence-electron chi connectivity index (χ2n) is 14.6. The van der Waals surface area contributed by atoms with Crippen LogP contribution in [0.4, 0.5) is 27.7 Å². The number of carbonyl (C=O) groups is 1. The van der Waals surface area contributed by atoms with E-state index in [1.807, 2.05) is 29.0 Å². The smallest absolute Gasteiger partial charge is 0.246 e. The zero-order valence-corrected chi connectivity index (χ0v) is 31.4. The summed E-state index contributed by atoms with van der Waals surface area (Å²) in [7, 11) is -3.11. The Morgan fingerprint density at radius 3 is 2.68 bits per heavy atom. The standard InChI is InChI=1S/C37H50FN9O5S/c1-4-35(48)46-12-5-7-30(46)36-27-19-34(40-20-28(27)31(21-41-36)47-22-26(25(47)2)24-53(3,49)50)42-33-8-10-39-37(43-33)45-13-9-32(29(38)23-45)52-16-6-11-44-14-17-51-18-15-44/h4,8,10,19-21,25-26,29-30,32H,1,5-7,9,11-18,22-24H2,2-3H3,(H,39,40,42,43)/t25-,26-,29+,30?,32-/m1/s1. The summed E-state index contributed by atoms with van der Waals surface area (Å²) in [5.74, 6) is 1.48. The average molecular weight is 752 g/mol. The monoisotopic (exact) mass is 751 g/mol. The first-order valence-corrected chi connectivity index (χ1v) is 20.7. The lowest BCUT2D eigenvalue weighted by atomic mass is 9.90. The van der Waals surface area contributed by atoms with E-state index in [9.17, 15) is 13.2 Å². The van der Waals surface area contributed by atoms with Crippen LogP contribution in [0.25, 0.3) is 10.8 Å². The molecule has 0 bridgehead atoms. The third kappa shape index (κ3) is 8.55. The molecule has 7 heterocycles. The van der Waals surface area contributed by atoms with E-state index in [0.29, 0.717) is 50.2 Å². The Morgan fingerprint density at radius 2 is 1.92 bits per heavy atom. The van der Waals surface area contributed by atoms with Gasteiger partial charge in [0.1, 0.15) is 27.6 Å². The number of halogens is 1. The first kappa shape index (κ1) is 37.3. The second kappa shape index (κ2) is 16.2. The van der Waals surface area contributed by atoms with E-state index in [1.54, 1.807) is 18.5 Å². The average Bonchev–Trinajstić information content (AvgIpc) is 3.65. The maximum Gasteiger partial charge on any atom is 0.246 e. The summed E-state index contributed by atoms with van der Waals surface area (Å²) in [5, 5.41) is 5.02. The molecule has 0 aromatic carbocycles. The Morgan fingerprint density at radius 1 is 1.09 bits per heavy atom. The fraction of sp³-hybridized carbons (Fsp3) is 0.595. The van der Waals surface area contributed by atoms with Gasteiger partial charge in [0.2, 0.25) is 11.9 Å². The number of alkyl halides is 1. The summed E-state index contributed by atoms with van der Waals surface area (Å²) >= 11 is 0. The number of hydrogen-bond donors (Lipinski definition) is 1. The number of hydrogen-bond acceptors (Lipinski definition) is 13. The van der Waals surface area contributed by atoms with E-state index in [-0.39, 0.29) is 36.2 Å². The molecule has 53 heavy (non-hydrogen) atoms. The molecule has 3 aromatic rings. The molecule has 1 amide bonds. The molecule has 5 atom stereocenters. The van der Waals surface area contributed by atoms with Crippen LogP contribution in [0.2, 0.25) is 0 Å². The van der Waals surface area contributed by atoms with Gasteiger partial charge in [-0.15, -0.1) is 0 Å². The maximum atomic E-state index is 15.3. The van der Waals surface area contributed by atoms with Crippen molar-refractivity contribution < 1.29 is 27.1 Å². The number of piperidine rings is 1. The summed E-state index contributed by atoms with van der Waals surface area (Å²) in [4.78, 5) is 39.9. The zero-order valence-electron chi connectivity index (χ0n) is 30.6. The van der Waals surface area contributed by atoms with Gasteiger partial charge in [0.15, 0.2) is 0 Å². The summed E-state index contributed by atoms with van der Waals surface area (Å²) in [6, 6.07) is 3.45. The van der Waals surface area contributed by atoms with E-state index < -0.39 is 22.1 Å². The van der Waals surface area contributed by atoms with Gasteiger partial charge in [-0.3, -0.25) is 14.7 Å². The molecule has 1 N–H and O–H groups in total. The molecule has 16 heteroatoms. The molecule has 0 radical (unpaired) electrons. The van der Waals surface area contributed by atoms with Crippen LogP contribution >= 0.6 is 0 Å². The lowest BCUT2D eigenvalue weighted by Gasteiger charge is -2.48. The van der Waals surface area contributed by atoms with Gasteiger partial charge in [0.25, 0.3) is 0 Å². The molecule has 4 aliphatic rings. The lowest BCUT2D eigenvalue weighted by molar-refractivity contribution is -0.126. The molecule has 0 aliphatic carbocycles. The molecular weight excluding hydrogens is 702 g/mol. The van der Waals surface area contributed by atoms with Crippen molar-refractivity contribution >= 4 is 49.8 Å². The Labute approximate surface area is 310 Å². The van der Waals surface area contributed by atoms with Gasteiger partial charge >= 0.3 is 0 Å². The number of likely N-dealkylation sites (tertiary alicyclic amines) is 1. The zero-order chi connectivity index (χ0) is 37.1. The van der Waals surface area contributed by atoms with E-state index in [0.717, 1.165) is 74.3 Å². The van der Waals surface area contributed by atoms with E-state index in [2.05, 4.69) is 26.7 Å². The number of pyridine rings is 2. The highest BCUT2D eigenvalue weighted by molar-refractivity contribution is 7.90. The Balaban J connectivity index is 1.06. The van der Waals surface area contributed by atoms with Crippen LogP contribution in [0.15, 0.2) is 43.4 Å². The van der Waals surface area contributed by atoms with Gasteiger partial charge in [0, 0.05) is 87.3 Å². The SMILES string of the molecule is C=CC(=O)N1CCCC1c1ncc(N2C[C@H](CS(C)(=O)=O)[C@H]2C)c2cnc(Nc3ccnc(N4CC[C@@H](OCCCN5CCOCC5)[C@@H](F)C4)n3)cc12. The van der Waals surface area contributed by atoms with Gasteiger partial charge in [-0.25, -0.2) is 22.8 Å². The molecule has 3 aromatic heterocycles. The number of nitrogens with zero attached hydrogens (tertiary/aromatic N) is 8. The van der Waals surface area contributed by atoms with Crippen molar-refractivity contribution in [3.8, 4) is 0 Å². The van der Waals surface area contributed by atoms with Crippen LogP contribution < -0.4 is 15.1 Å². The minimum absolute atomic E-state index is 0.00374. The number of sulfone groups is 1. The van der Waals surface area contributed by atoms with Crippen LogP contribution in [0.3, 0.4) is 0 Å². The van der Waals surface area contributed by atoms with Crippen molar-refractivity contribution in [3.63, 3.8) is 0 Å². The molecule has 7 rings (SSSR count). The Kier molecular flexibility index (Phi) is 11.4. The summed E-state index contributed by atoms with van der Waals surface area (Å²) in [5.41, 5.74) is 1.64. The topological polar surface area (TPSA) is 146 Å². The Bertz CT molecular complexity index is 1900. The van der Waals surface area contributed by atoms with Gasteiger partial charge in [0.05, 0.1) is 55.2 Å². The van der Waals surface area contributed by atoms with E-state index >= 15 is 4.39 Å². The molecule has 286 valence electrons. The molecule has 14 nitrogen and oxygen atoms in total. The minimum atomic E-state index is -3.11. The highest BCUT2D eigenvalue weighted by Crippen LogP contribution is 2.41. The maximum absolute atomic E-state index is 15.3. The second-order valence-corrected chi connectivity index (χ2v) is 16.8. The summed E-state index contributed by atoms with van der Waals surface area (Å²) in [6.07, 6.45) is 9.30. The van der Waals surface area contributed by atoms with Crippen molar-refractivity contribution in [2.45, 2.75) is 57.0 Å². The van der Waals surface area contributed by atoms with Crippen LogP contribution in [-0.4, -0.2) is 140 Å². The summed E-state index contributed by atoms with van der Waals surface area (Å²) < 4.78 is 50.7. The molecule has 0 spiro atoms. The van der Waals surface area contributed by atoms with Crippen molar-refractivity contribution in [1.29, 1.82) is 0 Å². The normalized spacial score (nSPS) is 25.4. The lowest BCUT2D eigenvalue weighted by Crippen LogP contribution is -2.57. The number of carbonyl (C=O) groups excluding carboxylic acids is 1. The van der Waals surface area contributed by atoms with Crippen molar-refractivity contribution in [1.82, 2.24) is 29.7 Å². The number of rotatable bonds is 13. The third-order valence-electron chi connectivity index (χ3n) is 11.0. The minimum Gasteiger partial charge on any atom is -0.379 e. The number of morpholine rings is 1. The quantitative estimate of drug-likeness (QED) is 0.201. The number of ether oxygens (including phenoxy) is 2. The van der Waals surface area contributed by atoms with E-state index in [1.165, 1.54) is 12.3 Å². The molecule has 1 unspecified atom stereocenters. The number of anilines is 4. The van der Waals surface area contributed by atoms with Crippen molar-refractivity contribution in [3.05, 3.63) is 49.1 Å². The Hall–Kier alpha value is -3.99. The fourth-order valence-electron chi connectivity index (χ4n) is 8.02. The molecule has 0 saturated carbocycles. The van der Waals surface area contributed by atoms with Crippen LogP contribution in [0.5, 0.6) is 0 Å². The van der Waals surface area contributed by atoms with Crippen LogP contribution in [-0.2, 0) is 24.1 Å². The summed E-state index contributed by atoms with van der Waals surface area (Å²) in [6.45, 7) is 12.5. The highest BCUT2D eigenvalue weighted by atomic mass is 32.2. The number of fused-ring (bicyclic) bond motifs is 1. The van der Waals surface area contributed by atoms with Crippen LogP contribution in [0, 0.1) is 5.92 Å². The van der Waals surface area contributed by atoms with Crippen LogP contribution in [0.1, 0.15) is 44.3 Å². The first-order valence-electron chi connectivity index (χ1n) is 18.6. The predicted molar refractivity (Wildman–Crippen MR) is 202 cm³/mol. The molecule has 4 fully saturated rings. The van der Waals surface area contributed by atoms with Crippen molar-refractivity contribution in [2.75, 3.05) is 92.8 Å². The number of nitrogens with one attached hydrogen (secondary N) is 1. The van der Waals surface area contributed by atoms with Gasteiger partial charge in [-0.05, 0) is 50.8 Å². The number of aromatic nitrogens is 4. The number of amides is 1.